The van der Waals surface area contributed by atoms with Crippen LogP contribution in [0.1, 0.15) is 36.1 Å². The Morgan fingerprint density at radius 2 is 1.90 bits per heavy atom. The molecule has 0 spiro atoms. The maximum atomic E-state index is 11.9. The summed E-state index contributed by atoms with van der Waals surface area (Å²) >= 11 is 0. The molecule has 21 heavy (non-hydrogen) atoms. The molecule has 0 saturated carbocycles. The van der Waals surface area contributed by atoms with Gasteiger partial charge in [-0.3, -0.25) is 4.79 Å². The normalized spacial score (nSPS) is 25.9. The van der Waals surface area contributed by atoms with Crippen LogP contribution in [0.4, 0.5) is 0 Å². The molecule has 5 nitrogen and oxygen atoms in total. The smallest absolute Gasteiger partial charge is 0.261 e. The van der Waals surface area contributed by atoms with Crippen LogP contribution in [-0.2, 0) is 11.2 Å². The lowest BCUT2D eigenvalue weighted by atomic mass is 9.76. The molecule has 1 heterocycles. The predicted molar refractivity (Wildman–Crippen MR) is 79.4 cm³/mol. The number of hydrogen-bond acceptors (Lipinski definition) is 4. The molecule has 3 unspecified atom stereocenters. The van der Waals surface area contributed by atoms with Crippen molar-refractivity contribution in [3.05, 3.63) is 22.3 Å². The molecule has 0 fully saturated rings. The van der Waals surface area contributed by atoms with Gasteiger partial charge in [0.15, 0.2) is 5.60 Å². The minimum atomic E-state index is -1.26. The van der Waals surface area contributed by atoms with Gasteiger partial charge in [-0.2, -0.15) is 0 Å². The van der Waals surface area contributed by atoms with Gasteiger partial charge in [-0.1, -0.05) is 0 Å². The number of carbonyl (C=O) groups excluding carboxylic acids is 1. The molecule has 116 valence electrons. The van der Waals surface area contributed by atoms with Crippen LogP contribution in [0.25, 0.3) is 0 Å². The van der Waals surface area contributed by atoms with Crippen molar-refractivity contribution in [1.29, 1.82) is 0 Å². The first-order valence-electron chi connectivity index (χ1n) is 7.09. The molecule has 1 aliphatic rings. The van der Waals surface area contributed by atoms with Gasteiger partial charge in [0, 0.05) is 11.5 Å². The van der Waals surface area contributed by atoms with Gasteiger partial charge in [0.05, 0.1) is 6.10 Å². The lowest BCUT2D eigenvalue weighted by molar-refractivity contribution is -0.143. The van der Waals surface area contributed by atoms with Gasteiger partial charge in [0.2, 0.25) is 0 Å². The summed E-state index contributed by atoms with van der Waals surface area (Å²) < 4.78 is 5.96. The SMILES string of the molecule is Cc1c(C)c2c(c(C)c1O)CC(C(C)O)C(C)(C(N)=O)O2. The molecule has 1 aliphatic heterocycles. The average molecular weight is 293 g/mol. The second-order valence-corrected chi connectivity index (χ2v) is 6.16. The zero-order chi connectivity index (χ0) is 16.1. The highest BCUT2D eigenvalue weighted by molar-refractivity contribution is 5.84. The third kappa shape index (κ3) is 2.16. The molecule has 1 aromatic carbocycles. The number of phenolic OH excluding ortho intramolecular Hbond substituents is 1. The number of rotatable bonds is 2. The summed E-state index contributed by atoms with van der Waals surface area (Å²) in [4.78, 5) is 11.9. The fourth-order valence-corrected chi connectivity index (χ4v) is 3.12. The zero-order valence-corrected chi connectivity index (χ0v) is 13.2. The van der Waals surface area contributed by atoms with Gasteiger partial charge >= 0.3 is 0 Å². The van der Waals surface area contributed by atoms with Crippen molar-refractivity contribution in [3.63, 3.8) is 0 Å². The number of phenols is 1. The summed E-state index contributed by atoms with van der Waals surface area (Å²) in [5.41, 5.74) is 7.34. The van der Waals surface area contributed by atoms with Crippen LogP contribution in [0.3, 0.4) is 0 Å². The van der Waals surface area contributed by atoms with Gasteiger partial charge in [-0.05, 0) is 57.7 Å². The molecule has 5 heteroatoms. The third-order valence-electron chi connectivity index (χ3n) is 4.86. The van der Waals surface area contributed by atoms with Crippen LogP contribution in [0.5, 0.6) is 11.5 Å². The van der Waals surface area contributed by atoms with Crippen molar-refractivity contribution >= 4 is 5.91 Å². The van der Waals surface area contributed by atoms with E-state index in [9.17, 15) is 15.0 Å². The Morgan fingerprint density at radius 3 is 2.38 bits per heavy atom. The number of primary amides is 1. The van der Waals surface area contributed by atoms with Gasteiger partial charge in [0.25, 0.3) is 5.91 Å². The Morgan fingerprint density at radius 1 is 1.33 bits per heavy atom. The number of benzene rings is 1. The summed E-state index contributed by atoms with van der Waals surface area (Å²) in [7, 11) is 0. The Kier molecular flexibility index (Phi) is 3.66. The maximum Gasteiger partial charge on any atom is 0.261 e. The first kappa shape index (κ1) is 15.6. The largest absolute Gasteiger partial charge is 0.507 e. The Labute approximate surface area is 124 Å². The molecule has 0 aliphatic carbocycles. The number of hydrogen-bond donors (Lipinski definition) is 3. The Hall–Kier alpha value is -1.75. The number of aliphatic hydroxyl groups excluding tert-OH is 1. The van der Waals surface area contributed by atoms with Crippen molar-refractivity contribution in [3.8, 4) is 11.5 Å². The van der Waals surface area contributed by atoms with Crippen molar-refractivity contribution in [2.75, 3.05) is 0 Å². The predicted octanol–water partition coefficient (Wildman–Crippen LogP) is 1.49. The molecule has 1 amide bonds. The van der Waals surface area contributed by atoms with Gasteiger partial charge in [0.1, 0.15) is 11.5 Å². The minimum Gasteiger partial charge on any atom is -0.507 e. The van der Waals surface area contributed by atoms with Crippen molar-refractivity contribution < 1.29 is 19.7 Å². The molecule has 2 rings (SSSR count). The highest BCUT2D eigenvalue weighted by atomic mass is 16.5. The first-order valence-corrected chi connectivity index (χ1v) is 7.09. The standard InChI is InChI=1S/C16H23NO4/c1-7-8(2)14-11(9(3)13(7)19)6-12(10(4)18)16(5,21-14)15(17)20/h10,12,18-19H,6H2,1-5H3,(H2,17,20). The quantitative estimate of drug-likeness (QED) is 0.770. The summed E-state index contributed by atoms with van der Waals surface area (Å²) in [6, 6.07) is 0. The van der Waals surface area contributed by atoms with Crippen LogP contribution in [0, 0.1) is 26.7 Å². The van der Waals surface area contributed by atoms with Crippen LogP contribution in [0.15, 0.2) is 0 Å². The molecule has 0 saturated heterocycles. The number of amides is 1. The van der Waals surface area contributed by atoms with E-state index in [0.717, 1.165) is 22.3 Å². The van der Waals surface area contributed by atoms with E-state index in [0.29, 0.717) is 12.2 Å². The van der Waals surface area contributed by atoms with E-state index in [4.69, 9.17) is 10.5 Å². The van der Waals surface area contributed by atoms with E-state index in [1.54, 1.807) is 13.8 Å². The second kappa shape index (κ2) is 4.91. The van der Waals surface area contributed by atoms with Crippen LogP contribution < -0.4 is 10.5 Å². The molecule has 3 atom stereocenters. The Balaban J connectivity index is 2.69. The first-order chi connectivity index (χ1) is 9.61. The summed E-state index contributed by atoms with van der Waals surface area (Å²) in [6.07, 6.45) is -0.314. The lowest BCUT2D eigenvalue weighted by Crippen LogP contribution is -2.58. The highest BCUT2D eigenvalue weighted by Gasteiger charge is 2.49. The molecule has 0 aromatic heterocycles. The van der Waals surface area contributed by atoms with Crippen LogP contribution in [0.2, 0.25) is 0 Å². The number of aliphatic hydroxyl groups is 1. The average Bonchev–Trinajstić information content (AvgIpc) is 2.41. The number of fused-ring (bicyclic) bond motifs is 1. The fourth-order valence-electron chi connectivity index (χ4n) is 3.12. The zero-order valence-electron chi connectivity index (χ0n) is 13.2. The monoisotopic (exact) mass is 293 g/mol. The molecule has 1 aromatic rings. The van der Waals surface area contributed by atoms with Crippen molar-refractivity contribution in [1.82, 2.24) is 0 Å². The maximum absolute atomic E-state index is 11.9. The highest BCUT2D eigenvalue weighted by Crippen LogP contribution is 2.45. The van der Waals surface area contributed by atoms with E-state index in [-0.39, 0.29) is 5.75 Å². The van der Waals surface area contributed by atoms with Crippen molar-refractivity contribution in [2.24, 2.45) is 11.7 Å². The molecule has 4 N–H and O–H groups in total. The molecular weight excluding hydrogens is 270 g/mol. The number of nitrogens with two attached hydrogens (primary N) is 1. The minimum absolute atomic E-state index is 0.238. The third-order valence-corrected chi connectivity index (χ3v) is 4.86. The molecule has 0 radical (unpaired) electrons. The van der Waals surface area contributed by atoms with E-state index >= 15 is 0 Å². The van der Waals surface area contributed by atoms with Gasteiger partial charge in [-0.25, -0.2) is 0 Å². The van der Waals surface area contributed by atoms with Crippen LogP contribution >= 0.6 is 0 Å². The fraction of sp³-hybridized carbons (Fsp3) is 0.562. The molecular formula is C16H23NO4. The summed E-state index contributed by atoms with van der Waals surface area (Å²) in [5.74, 6) is -0.215. The van der Waals surface area contributed by atoms with Crippen LogP contribution in [-0.4, -0.2) is 27.8 Å². The number of aromatic hydroxyl groups is 1. The van der Waals surface area contributed by atoms with Crippen molar-refractivity contribution in [2.45, 2.75) is 52.7 Å². The number of carbonyl (C=O) groups is 1. The van der Waals surface area contributed by atoms with E-state index in [1.807, 2.05) is 20.8 Å². The Bertz CT molecular complexity index is 609. The topological polar surface area (TPSA) is 92.8 Å². The number of ether oxygens (including phenoxy) is 1. The summed E-state index contributed by atoms with van der Waals surface area (Å²) in [6.45, 7) is 8.71. The van der Waals surface area contributed by atoms with E-state index < -0.39 is 23.5 Å². The van der Waals surface area contributed by atoms with Gasteiger partial charge < -0.3 is 20.7 Å². The summed E-state index contributed by atoms with van der Waals surface area (Å²) in [5, 5.41) is 20.2. The van der Waals surface area contributed by atoms with E-state index in [1.165, 1.54) is 0 Å². The lowest BCUT2D eigenvalue weighted by Gasteiger charge is -2.43. The second-order valence-electron chi connectivity index (χ2n) is 6.16. The molecule has 0 bridgehead atoms. The van der Waals surface area contributed by atoms with E-state index in [2.05, 4.69) is 0 Å². The van der Waals surface area contributed by atoms with Gasteiger partial charge in [-0.15, -0.1) is 0 Å².